The fourth-order valence-electron chi connectivity index (χ4n) is 2.97. The number of hydrogen-bond acceptors (Lipinski definition) is 7. The number of urea groups is 1. The molecule has 1 atom stereocenters. The number of nitrogens with zero attached hydrogens (tertiary/aromatic N) is 1. The van der Waals surface area contributed by atoms with E-state index in [-0.39, 0.29) is 41.6 Å². The molecule has 9 nitrogen and oxygen atoms in total. The molecule has 1 aromatic carbocycles. The molecule has 3 N–H and O–H groups in total. The van der Waals surface area contributed by atoms with Gasteiger partial charge in [-0.05, 0) is 38.1 Å². The number of rotatable bonds is 7. The summed E-state index contributed by atoms with van der Waals surface area (Å²) in [6, 6.07) is 7.78. The lowest BCUT2D eigenvalue weighted by atomic mass is 10.0. The standard InChI is InChI=1S/C21H21FN4O5/c1-3-30-20(28)17-12(2)24-21(29)26-16(17)11-31-19(27)13-7-6-10-23-18(13)25-15-9-5-4-8-14(15)22/h4-10,12H,3,11H2,1-2H3,(H,23,25)(H2,24,26,29)/t12-/m1/s1. The molecule has 0 unspecified atom stereocenters. The van der Waals surface area contributed by atoms with Crippen molar-refractivity contribution in [3.05, 3.63) is 65.2 Å². The number of nitrogens with one attached hydrogen (secondary N) is 3. The molecule has 2 heterocycles. The molecule has 0 radical (unpaired) electrons. The van der Waals surface area contributed by atoms with Gasteiger partial charge in [0.15, 0.2) is 0 Å². The maximum atomic E-state index is 14.0. The summed E-state index contributed by atoms with van der Waals surface area (Å²) in [5, 5.41) is 7.80. The summed E-state index contributed by atoms with van der Waals surface area (Å²) in [6.45, 7) is 3.05. The van der Waals surface area contributed by atoms with Gasteiger partial charge in [0.05, 0.1) is 29.6 Å². The predicted octanol–water partition coefficient (Wildman–Crippen LogP) is 2.64. The number of para-hydroxylation sites is 1. The maximum Gasteiger partial charge on any atom is 0.342 e. The van der Waals surface area contributed by atoms with E-state index in [1.165, 1.54) is 36.5 Å². The zero-order valence-electron chi connectivity index (χ0n) is 16.9. The summed E-state index contributed by atoms with van der Waals surface area (Å²) in [5.74, 6) is -1.82. The first-order valence-corrected chi connectivity index (χ1v) is 9.52. The summed E-state index contributed by atoms with van der Waals surface area (Å²) in [6.07, 6.45) is 1.44. The molecule has 0 spiro atoms. The number of halogens is 1. The Morgan fingerprint density at radius 1 is 1.16 bits per heavy atom. The third-order valence-corrected chi connectivity index (χ3v) is 4.37. The normalized spacial score (nSPS) is 15.6. The van der Waals surface area contributed by atoms with Crippen LogP contribution in [0.3, 0.4) is 0 Å². The van der Waals surface area contributed by atoms with Gasteiger partial charge in [-0.3, -0.25) is 0 Å². The van der Waals surface area contributed by atoms with E-state index in [0.717, 1.165) is 0 Å². The van der Waals surface area contributed by atoms with Crippen molar-refractivity contribution in [2.45, 2.75) is 19.9 Å². The van der Waals surface area contributed by atoms with Gasteiger partial charge in [0, 0.05) is 6.20 Å². The lowest BCUT2D eigenvalue weighted by Crippen LogP contribution is -2.50. The van der Waals surface area contributed by atoms with E-state index < -0.39 is 29.8 Å². The van der Waals surface area contributed by atoms with Crippen molar-refractivity contribution in [3.63, 3.8) is 0 Å². The first kappa shape index (κ1) is 21.8. The second kappa shape index (κ2) is 9.70. The smallest absolute Gasteiger partial charge is 0.342 e. The zero-order valence-corrected chi connectivity index (χ0v) is 16.9. The van der Waals surface area contributed by atoms with Crippen molar-refractivity contribution >= 4 is 29.5 Å². The van der Waals surface area contributed by atoms with Crippen molar-refractivity contribution < 1.29 is 28.2 Å². The summed E-state index contributed by atoms with van der Waals surface area (Å²) in [5.41, 5.74) is 0.472. The Balaban J connectivity index is 1.80. The Labute approximate surface area is 177 Å². The largest absolute Gasteiger partial charge is 0.463 e. The Hall–Kier alpha value is -3.95. The minimum Gasteiger partial charge on any atom is -0.463 e. The van der Waals surface area contributed by atoms with Crippen molar-refractivity contribution in [1.29, 1.82) is 0 Å². The van der Waals surface area contributed by atoms with Crippen LogP contribution in [-0.4, -0.2) is 42.2 Å². The van der Waals surface area contributed by atoms with Gasteiger partial charge in [-0.25, -0.2) is 23.8 Å². The van der Waals surface area contributed by atoms with E-state index in [9.17, 15) is 18.8 Å². The number of benzene rings is 1. The Morgan fingerprint density at radius 3 is 2.68 bits per heavy atom. The molecular weight excluding hydrogens is 407 g/mol. The van der Waals surface area contributed by atoms with Gasteiger partial charge in [0.1, 0.15) is 23.8 Å². The van der Waals surface area contributed by atoms with Gasteiger partial charge in [-0.1, -0.05) is 12.1 Å². The first-order valence-electron chi connectivity index (χ1n) is 9.52. The van der Waals surface area contributed by atoms with E-state index in [2.05, 4.69) is 20.9 Å². The molecule has 2 aromatic rings. The Bertz CT molecular complexity index is 1040. The number of carbonyl (C=O) groups is 3. The van der Waals surface area contributed by atoms with Crippen LogP contribution in [0.2, 0.25) is 0 Å². The summed E-state index contributed by atoms with van der Waals surface area (Å²) in [7, 11) is 0. The number of esters is 2. The van der Waals surface area contributed by atoms with Gasteiger partial charge in [-0.15, -0.1) is 0 Å². The predicted molar refractivity (Wildman–Crippen MR) is 109 cm³/mol. The van der Waals surface area contributed by atoms with E-state index in [0.29, 0.717) is 0 Å². The molecular formula is C21H21FN4O5. The van der Waals surface area contributed by atoms with Crippen LogP contribution in [-0.2, 0) is 14.3 Å². The molecule has 0 aliphatic carbocycles. The van der Waals surface area contributed by atoms with Gasteiger partial charge < -0.3 is 25.4 Å². The van der Waals surface area contributed by atoms with Gasteiger partial charge in [-0.2, -0.15) is 0 Å². The number of hydrogen-bond donors (Lipinski definition) is 3. The van der Waals surface area contributed by atoms with E-state index in [4.69, 9.17) is 9.47 Å². The van der Waals surface area contributed by atoms with Gasteiger partial charge in [0.25, 0.3) is 0 Å². The van der Waals surface area contributed by atoms with Crippen LogP contribution in [0.5, 0.6) is 0 Å². The van der Waals surface area contributed by atoms with Crippen LogP contribution < -0.4 is 16.0 Å². The van der Waals surface area contributed by atoms with Crippen molar-refractivity contribution in [1.82, 2.24) is 15.6 Å². The number of pyridine rings is 1. The van der Waals surface area contributed by atoms with Crippen molar-refractivity contribution in [2.24, 2.45) is 0 Å². The Morgan fingerprint density at radius 2 is 1.94 bits per heavy atom. The van der Waals surface area contributed by atoms with E-state index in [1.54, 1.807) is 19.9 Å². The molecule has 0 saturated carbocycles. The minimum absolute atomic E-state index is 0.0531. The average Bonchev–Trinajstić information content (AvgIpc) is 2.73. The summed E-state index contributed by atoms with van der Waals surface area (Å²) >= 11 is 0. The third kappa shape index (κ3) is 5.16. The fraction of sp³-hybridized carbons (Fsp3) is 0.238. The van der Waals surface area contributed by atoms with Crippen LogP contribution in [0.15, 0.2) is 53.9 Å². The summed E-state index contributed by atoms with van der Waals surface area (Å²) < 4.78 is 24.3. The van der Waals surface area contributed by atoms with Crippen LogP contribution in [0.4, 0.5) is 20.7 Å². The highest BCUT2D eigenvalue weighted by Crippen LogP contribution is 2.22. The molecule has 2 amide bonds. The second-order valence-corrected chi connectivity index (χ2v) is 6.51. The average molecular weight is 428 g/mol. The van der Waals surface area contributed by atoms with Crippen molar-refractivity contribution in [3.8, 4) is 0 Å². The van der Waals surface area contributed by atoms with Crippen LogP contribution in [0, 0.1) is 5.82 Å². The summed E-state index contributed by atoms with van der Waals surface area (Å²) in [4.78, 5) is 40.8. The van der Waals surface area contributed by atoms with Crippen LogP contribution in [0.1, 0.15) is 24.2 Å². The van der Waals surface area contributed by atoms with E-state index >= 15 is 0 Å². The number of aromatic nitrogens is 1. The van der Waals surface area contributed by atoms with Gasteiger partial charge in [0.2, 0.25) is 0 Å². The van der Waals surface area contributed by atoms with E-state index in [1.807, 2.05) is 0 Å². The van der Waals surface area contributed by atoms with Crippen LogP contribution in [0.25, 0.3) is 0 Å². The fourth-order valence-corrected chi connectivity index (χ4v) is 2.97. The molecule has 1 aliphatic heterocycles. The van der Waals surface area contributed by atoms with Crippen LogP contribution >= 0.6 is 0 Å². The number of amides is 2. The Kier molecular flexibility index (Phi) is 6.81. The highest BCUT2D eigenvalue weighted by molar-refractivity contribution is 5.96. The highest BCUT2D eigenvalue weighted by Gasteiger charge is 2.30. The van der Waals surface area contributed by atoms with Gasteiger partial charge >= 0.3 is 18.0 Å². The molecule has 0 fully saturated rings. The lowest BCUT2D eigenvalue weighted by molar-refractivity contribution is -0.139. The topological polar surface area (TPSA) is 119 Å². The monoisotopic (exact) mass is 428 g/mol. The molecule has 10 heteroatoms. The SMILES string of the molecule is CCOC(=O)C1=C(COC(=O)c2cccnc2Nc2ccccc2F)NC(=O)N[C@@H]1C. The lowest BCUT2D eigenvalue weighted by Gasteiger charge is -2.26. The second-order valence-electron chi connectivity index (χ2n) is 6.51. The van der Waals surface area contributed by atoms with Crippen molar-refractivity contribution in [2.75, 3.05) is 18.5 Å². The maximum absolute atomic E-state index is 14.0. The quantitative estimate of drug-likeness (QED) is 0.580. The number of anilines is 2. The first-order chi connectivity index (χ1) is 14.9. The molecule has 0 saturated heterocycles. The zero-order chi connectivity index (χ0) is 22.4. The molecule has 0 bridgehead atoms. The minimum atomic E-state index is -0.775. The molecule has 3 rings (SSSR count). The molecule has 1 aliphatic rings. The third-order valence-electron chi connectivity index (χ3n) is 4.37. The number of carbonyl (C=O) groups excluding carboxylic acids is 3. The highest BCUT2D eigenvalue weighted by atomic mass is 19.1. The molecule has 1 aromatic heterocycles. The number of ether oxygens (including phenoxy) is 2. The molecule has 162 valence electrons. The molecule has 31 heavy (non-hydrogen) atoms.